The first kappa shape index (κ1) is 29.4. The van der Waals surface area contributed by atoms with Crippen molar-refractivity contribution in [2.75, 3.05) is 0 Å². The third kappa shape index (κ3) is 3.68. The van der Waals surface area contributed by atoms with Gasteiger partial charge in [-0.15, -0.1) is 0 Å². The molecule has 0 fully saturated rings. The van der Waals surface area contributed by atoms with Gasteiger partial charge in [0.05, 0.1) is 38.8 Å². The molecule has 0 amide bonds. The van der Waals surface area contributed by atoms with Crippen molar-refractivity contribution in [2.45, 2.75) is 32.7 Å². The molecule has 4 heteroatoms. The Morgan fingerprint density at radius 2 is 1.13 bits per heavy atom. The van der Waals surface area contributed by atoms with Gasteiger partial charge in [0.1, 0.15) is 5.82 Å². The van der Waals surface area contributed by atoms with Gasteiger partial charge in [0.15, 0.2) is 0 Å². The molecule has 11 rings (SSSR count). The standard InChI is InChI=1S/C48H36N4/c1-4-50-40-29-17-13-25-36(40)49-47(50)34-23-11-16-28-39(34)52-38-27-15-9-21-32(38)42-44-41(31-20-8-12-24-35(31)48(44,2)3)45-43(46(42)52)33-22-10-14-26-37(33)51(45)30-18-6-5-7-19-30/h5-29H,4H2,1-3H3. The normalized spacial score (nSPS) is 13.5. The van der Waals surface area contributed by atoms with Crippen molar-refractivity contribution in [2.24, 2.45) is 0 Å². The summed E-state index contributed by atoms with van der Waals surface area (Å²) in [5.74, 6) is 0.988. The molecule has 0 bridgehead atoms. The molecule has 3 heterocycles. The van der Waals surface area contributed by atoms with Crippen LogP contribution in [0.25, 0.3) is 88.5 Å². The number of imidazole rings is 1. The Morgan fingerprint density at radius 3 is 1.90 bits per heavy atom. The van der Waals surface area contributed by atoms with Crippen molar-refractivity contribution >= 4 is 54.6 Å². The van der Waals surface area contributed by atoms with Crippen molar-refractivity contribution < 1.29 is 0 Å². The second-order valence-corrected chi connectivity index (χ2v) is 14.6. The number of benzene rings is 7. The highest BCUT2D eigenvalue weighted by atomic mass is 15.1. The van der Waals surface area contributed by atoms with Gasteiger partial charge >= 0.3 is 0 Å². The first-order valence-electron chi connectivity index (χ1n) is 18.3. The van der Waals surface area contributed by atoms with Gasteiger partial charge in [0.25, 0.3) is 0 Å². The Bertz CT molecular complexity index is 3080. The molecule has 7 aromatic carbocycles. The molecule has 52 heavy (non-hydrogen) atoms. The molecule has 0 radical (unpaired) electrons. The van der Waals surface area contributed by atoms with Crippen LogP contribution < -0.4 is 0 Å². The SMILES string of the molecule is CCn1c(-c2ccccc2-n2c3ccccc3c3c4c(c5c(c6ccccc6n5-c5ccccc5)c32)-c2ccccc2C4(C)C)nc2ccccc21. The van der Waals surface area contributed by atoms with Crippen LogP contribution in [-0.2, 0) is 12.0 Å². The Labute approximate surface area is 301 Å². The lowest BCUT2D eigenvalue weighted by Gasteiger charge is -2.23. The van der Waals surface area contributed by atoms with E-state index in [1.54, 1.807) is 0 Å². The molecule has 0 unspecified atom stereocenters. The maximum Gasteiger partial charge on any atom is 0.143 e. The summed E-state index contributed by atoms with van der Waals surface area (Å²) in [6, 6.07) is 55.4. The van der Waals surface area contributed by atoms with Crippen molar-refractivity contribution in [3.8, 4) is 33.9 Å². The summed E-state index contributed by atoms with van der Waals surface area (Å²) in [7, 11) is 0. The van der Waals surface area contributed by atoms with Gasteiger partial charge in [-0.3, -0.25) is 0 Å². The molecule has 248 valence electrons. The minimum Gasteiger partial charge on any atom is -0.324 e. The molecular weight excluding hydrogens is 633 g/mol. The zero-order chi connectivity index (χ0) is 34.7. The van der Waals surface area contributed by atoms with E-state index in [0.717, 1.165) is 40.3 Å². The zero-order valence-electron chi connectivity index (χ0n) is 29.4. The number of hydrogen-bond donors (Lipinski definition) is 0. The topological polar surface area (TPSA) is 27.7 Å². The third-order valence-corrected chi connectivity index (χ3v) is 11.6. The van der Waals surface area contributed by atoms with E-state index in [0.29, 0.717) is 0 Å². The fraction of sp³-hybridized carbons (Fsp3) is 0.104. The summed E-state index contributed by atoms with van der Waals surface area (Å²) in [5, 5.41) is 5.12. The monoisotopic (exact) mass is 668 g/mol. The third-order valence-electron chi connectivity index (χ3n) is 11.6. The summed E-state index contributed by atoms with van der Waals surface area (Å²) in [5.41, 5.74) is 15.7. The first-order valence-corrected chi connectivity index (χ1v) is 18.3. The summed E-state index contributed by atoms with van der Waals surface area (Å²) in [6.45, 7) is 7.88. The number of aromatic nitrogens is 4. The molecule has 0 aliphatic heterocycles. The highest BCUT2D eigenvalue weighted by Crippen LogP contribution is 2.58. The summed E-state index contributed by atoms with van der Waals surface area (Å²) >= 11 is 0. The average molecular weight is 669 g/mol. The van der Waals surface area contributed by atoms with Crippen LogP contribution in [0, 0.1) is 0 Å². The second kappa shape index (κ2) is 10.6. The molecule has 1 aliphatic carbocycles. The molecule has 10 aromatic rings. The fourth-order valence-corrected chi connectivity index (χ4v) is 9.51. The lowest BCUT2D eigenvalue weighted by atomic mass is 9.80. The van der Waals surface area contributed by atoms with Crippen LogP contribution in [0.2, 0.25) is 0 Å². The number of aryl methyl sites for hydroxylation is 1. The summed E-state index contributed by atoms with van der Waals surface area (Å²) in [4.78, 5) is 5.29. The van der Waals surface area contributed by atoms with Crippen LogP contribution in [0.5, 0.6) is 0 Å². The number of fused-ring (bicyclic) bond motifs is 13. The van der Waals surface area contributed by atoms with Crippen LogP contribution in [0.1, 0.15) is 31.9 Å². The fourth-order valence-electron chi connectivity index (χ4n) is 9.51. The van der Waals surface area contributed by atoms with E-state index < -0.39 is 0 Å². The predicted molar refractivity (Wildman–Crippen MR) is 217 cm³/mol. The Kier molecular flexibility index (Phi) is 5.96. The number of nitrogens with zero attached hydrogens (tertiary/aromatic N) is 4. The number of rotatable bonds is 4. The molecule has 0 spiro atoms. The van der Waals surface area contributed by atoms with Gasteiger partial charge in [0.2, 0.25) is 0 Å². The van der Waals surface area contributed by atoms with Gasteiger partial charge in [-0.05, 0) is 72.1 Å². The maximum absolute atomic E-state index is 5.29. The van der Waals surface area contributed by atoms with Gasteiger partial charge < -0.3 is 13.7 Å². The molecule has 0 saturated heterocycles. The van der Waals surface area contributed by atoms with E-state index >= 15 is 0 Å². The molecule has 3 aromatic heterocycles. The first-order chi connectivity index (χ1) is 25.6. The van der Waals surface area contributed by atoms with E-state index in [9.17, 15) is 0 Å². The smallest absolute Gasteiger partial charge is 0.143 e. The Hall–Kier alpha value is -6.39. The zero-order valence-corrected chi connectivity index (χ0v) is 29.4. The van der Waals surface area contributed by atoms with Crippen molar-refractivity contribution in [3.05, 3.63) is 163 Å². The minimum atomic E-state index is -0.235. The van der Waals surface area contributed by atoms with Gasteiger partial charge in [0, 0.05) is 50.3 Å². The van der Waals surface area contributed by atoms with Gasteiger partial charge in [-0.1, -0.05) is 117 Å². The van der Waals surface area contributed by atoms with E-state index in [-0.39, 0.29) is 5.41 Å². The Balaban J connectivity index is 1.42. The molecule has 0 saturated carbocycles. The van der Waals surface area contributed by atoms with Gasteiger partial charge in [-0.25, -0.2) is 4.98 Å². The van der Waals surface area contributed by atoms with Crippen LogP contribution in [0.3, 0.4) is 0 Å². The predicted octanol–water partition coefficient (Wildman–Crippen LogP) is 12.2. The van der Waals surface area contributed by atoms with Crippen molar-refractivity contribution in [1.82, 2.24) is 18.7 Å². The largest absolute Gasteiger partial charge is 0.324 e. The number of para-hydroxylation sites is 6. The minimum absolute atomic E-state index is 0.235. The Morgan fingerprint density at radius 1 is 0.538 bits per heavy atom. The van der Waals surface area contributed by atoms with Crippen LogP contribution in [0.4, 0.5) is 0 Å². The lowest BCUT2D eigenvalue weighted by Crippen LogP contribution is -2.15. The van der Waals surface area contributed by atoms with Gasteiger partial charge in [-0.2, -0.15) is 0 Å². The van der Waals surface area contributed by atoms with E-state index in [2.05, 4.69) is 186 Å². The summed E-state index contributed by atoms with van der Waals surface area (Å²) < 4.78 is 7.44. The van der Waals surface area contributed by atoms with E-state index in [1.807, 2.05) is 0 Å². The maximum atomic E-state index is 5.29. The van der Waals surface area contributed by atoms with Crippen LogP contribution in [-0.4, -0.2) is 18.7 Å². The lowest BCUT2D eigenvalue weighted by molar-refractivity contribution is 0.667. The molecule has 4 nitrogen and oxygen atoms in total. The number of hydrogen-bond acceptors (Lipinski definition) is 1. The molecule has 1 aliphatic rings. The summed E-state index contributed by atoms with van der Waals surface area (Å²) in [6.07, 6.45) is 0. The van der Waals surface area contributed by atoms with E-state index in [4.69, 9.17) is 4.98 Å². The molecular formula is C48H36N4. The van der Waals surface area contributed by atoms with Crippen LogP contribution in [0.15, 0.2) is 152 Å². The molecule has 0 N–H and O–H groups in total. The van der Waals surface area contributed by atoms with Crippen LogP contribution >= 0.6 is 0 Å². The quantitative estimate of drug-likeness (QED) is 0.183. The highest BCUT2D eigenvalue weighted by molar-refractivity contribution is 6.31. The van der Waals surface area contributed by atoms with E-state index in [1.165, 1.54) is 65.9 Å². The molecule has 0 atom stereocenters. The highest BCUT2D eigenvalue weighted by Gasteiger charge is 2.41. The average Bonchev–Trinajstić information content (AvgIpc) is 3.90. The second-order valence-electron chi connectivity index (χ2n) is 14.6. The van der Waals surface area contributed by atoms with Crippen molar-refractivity contribution in [3.63, 3.8) is 0 Å². The van der Waals surface area contributed by atoms with Crippen molar-refractivity contribution in [1.29, 1.82) is 0 Å².